The van der Waals surface area contributed by atoms with Crippen LogP contribution in [0.1, 0.15) is 29.5 Å². The molecule has 3 heterocycles. The summed E-state index contributed by atoms with van der Waals surface area (Å²) in [5, 5.41) is 12.1. The molecule has 3 aliphatic rings. The van der Waals surface area contributed by atoms with Crippen LogP contribution in [0.2, 0.25) is 0 Å². The van der Waals surface area contributed by atoms with Gasteiger partial charge in [0.05, 0.1) is 11.6 Å². The van der Waals surface area contributed by atoms with Gasteiger partial charge in [0, 0.05) is 19.6 Å². The summed E-state index contributed by atoms with van der Waals surface area (Å²) < 4.78 is 10.9. The van der Waals surface area contributed by atoms with E-state index in [-0.39, 0.29) is 12.5 Å². The molecule has 1 aromatic carbocycles. The van der Waals surface area contributed by atoms with Gasteiger partial charge in [-0.2, -0.15) is 5.26 Å². The van der Waals surface area contributed by atoms with E-state index in [2.05, 4.69) is 27.3 Å². The summed E-state index contributed by atoms with van der Waals surface area (Å²) in [4.78, 5) is 32.8. The van der Waals surface area contributed by atoms with Gasteiger partial charge in [-0.1, -0.05) is 12.1 Å². The second-order valence-electron chi connectivity index (χ2n) is 8.96. The third-order valence-electron chi connectivity index (χ3n) is 6.61. The van der Waals surface area contributed by atoms with Gasteiger partial charge in [-0.15, -0.1) is 0 Å². The molecule has 1 aromatic heterocycles. The normalized spacial score (nSPS) is 20.9. The Balaban J connectivity index is 1.20. The zero-order chi connectivity index (χ0) is 23.5. The van der Waals surface area contributed by atoms with Gasteiger partial charge in [0.25, 0.3) is 5.91 Å². The van der Waals surface area contributed by atoms with Crippen molar-refractivity contribution >= 4 is 23.6 Å². The highest BCUT2D eigenvalue weighted by atomic mass is 16.6. The highest BCUT2D eigenvalue weighted by Gasteiger charge is 2.27. The Morgan fingerprint density at radius 3 is 2.85 bits per heavy atom. The molecule has 1 atom stereocenters. The third-order valence-corrected chi connectivity index (χ3v) is 6.61. The summed E-state index contributed by atoms with van der Waals surface area (Å²) in [7, 11) is 0. The summed E-state index contributed by atoms with van der Waals surface area (Å²) in [6.45, 7) is 3.25. The van der Waals surface area contributed by atoms with Crippen molar-refractivity contribution in [3.63, 3.8) is 0 Å². The van der Waals surface area contributed by atoms with Crippen molar-refractivity contribution in [3.05, 3.63) is 47.0 Å². The highest BCUT2D eigenvalue weighted by molar-refractivity contribution is 5.95. The molecule has 2 amide bonds. The van der Waals surface area contributed by atoms with Gasteiger partial charge in [0.15, 0.2) is 18.2 Å². The lowest BCUT2D eigenvalue weighted by Crippen LogP contribution is -2.39. The zero-order valence-corrected chi connectivity index (χ0v) is 19.0. The number of fused-ring (bicyclic) bond motifs is 2. The first-order valence-corrected chi connectivity index (χ1v) is 11.7. The Labute approximate surface area is 198 Å². The maximum Gasteiger partial charge on any atom is 0.415 e. The molecular formula is C25H27N5O4. The number of nitriles is 1. The molecular weight excluding hydrogens is 434 g/mol. The molecule has 1 saturated heterocycles. The second kappa shape index (κ2) is 9.69. The van der Waals surface area contributed by atoms with Gasteiger partial charge in [-0.25, -0.2) is 9.78 Å². The number of benzene rings is 1. The number of aromatic nitrogens is 1. The second-order valence-corrected chi connectivity index (χ2v) is 8.96. The molecule has 1 N–H and O–H groups in total. The molecule has 176 valence electrons. The van der Waals surface area contributed by atoms with E-state index in [1.165, 1.54) is 16.0 Å². The smallest absolute Gasteiger partial charge is 0.415 e. The van der Waals surface area contributed by atoms with E-state index in [0.29, 0.717) is 43.0 Å². The van der Waals surface area contributed by atoms with Gasteiger partial charge in [0.1, 0.15) is 12.4 Å². The van der Waals surface area contributed by atoms with E-state index in [4.69, 9.17) is 9.47 Å². The summed E-state index contributed by atoms with van der Waals surface area (Å²) in [6, 6.07) is 11.7. The first kappa shape index (κ1) is 22.2. The highest BCUT2D eigenvalue weighted by Crippen LogP contribution is 2.31. The van der Waals surface area contributed by atoms with Crippen molar-refractivity contribution in [1.82, 2.24) is 9.88 Å². The lowest BCUT2D eigenvalue weighted by molar-refractivity contribution is -0.118. The number of ether oxygens (including phenoxy) is 2. The summed E-state index contributed by atoms with van der Waals surface area (Å²) in [5.74, 6) is 1.45. The average molecular weight is 462 g/mol. The molecule has 2 aliphatic heterocycles. The van der Waals surface area contributed by atoms with Gasteiger partial charge in [-0.3, -0.25) is 14.6 Å². The quantitative estimate of drug-likeness (QED) is 0.749. The molecule has 0 bridgehead atoms. The molecule has 0 radical (unpaired) electrons. The number of amides is 2. The van der Waals surface area contributed by atoms with Crippen molar-refractivity contribution in [1.29, 1.82) is 5.26 Å². The average Bonchev–Trinajstić information content (AvgIpc) is 3.25. The van der Waals surface area contributed by atoms with Crippen LogP contribution in [0.4, 0.5) is 16.4 Å². The number of nitrogens with zero attached hydrogens (tertiary/aromatic N) is 4. The molecule has 1 fully saturated rings. The van der Waals surface area contributed by atoms with Crippen LogP contribution in [-0.2, 0) is 22.4 Å². The topological polar surface area (TPSA) is 108 Å². The third kappa shape index (κ3) is 4.68. The van der Waals surface area contributed by atoms with E-state index < -0.39 is 6.09 Å². The molecule has 5 rings (SSSR count). The van der Waals surface area contributed by atoms with Gasteiger partial charge in [-0.05, 0) is 67.5 Å². The standard InChI is InChI=1S/C25H27N5O4/c26-14-19-5-3-4-18-12-17(13-20(18)19)15-29-8-1-2-9-30(25(32)33-11-10-29)22-7-6-21-24(27-22)28-23(31)16-34-21/h3-7,17H,1-2,8-13,15-16H2,(H,27,28,31). The molecule has 34 heavy (non-hydrogen) atoms. The van der Waals surface area contributed by atoms with E-state index in [0.717, 1.165) is 44.3 Å². The molecule has 1 aliphatic carbocycles. The number of rotatable bonds is 3. The van der Waals surface area contributed by atoms with Crippen LogP contribution in [0.5, 0.6) is 5.75 Å². The number of hydrogen-bond acceptors (Lipinski definition) is 7. The maximum absolute atomic E-state index is 12.8. The van der Waals surface area contributed by atoms with Crippen LogP contribution in [0, 0.1) is 17.2 Å². The van der Waals surface area contributed by atoms with Crippen molar-refractivity contribution < 1.29 is 19.1 Å². The SMILES string of the molecule is N#Cc1cccc2c1CC(CN1CCCCN(c3ccc4c(n3)NC(=O)CO4)C(=O)OCC1)C2. The molecule has 1 unspecified atom stereocenters. The number of hydrogen-bond donors (Lipinski definition) is 1. The van der Waals surface area contributed by atoms with Gasteiger partial charge in [0.2, 0.25) is 0 Å². The monoisotopic (exact) mass is 461 g/mol. The van der Waals surface area contributed by atoms with Crippen LogP contribution < -0.4 is 15.0 Å². The number of nitrogens with one attached hydrogen (secondary N) is 1. The summed E-state index contributed by atoms with van der Waals surface area (Å²) >= 11 is 0. The van der Waals surface area contributed by atoms with Crippen molar-refractivity contribution in [2.45, 2.75) is 25.7 Å². The van der Waals surface area contributed by atoms with Crippen LogP contribution in [0.15, 0.2) is 30.3 Å². The van der Waals surface area contributed by atoms with E-state index in [1.807, 2.05) is 12.1 Å². The molecule has 2 aromatic rings. The van der Waals surface area contributed by atoms with Crippen LogP contribution in [-0.4, -0.2) is 61.3 Å². The van der Waals surface area contributed by atoms with Crippen molar-refractivity contribution in [2.75, 3.05) is 49.6 Å². The van der Waals surface area contributed by atoms with Crippen LogP contribution >= 0.6 is 0 Å². The fourth-order valence-corrected chi connectivity index (χ4v) is 4.98. The fourth-order valence-electron chi connectivity index (χ4n) is 4.98. The first-order chi connectivity index (χ1) is 16.6. The Kier molecular flexibility index (Phi) is 6.32. The number of carbonyl (C=O) groups is 2. The Morgan fingerprint density at radius 2 is 1.97 bits per heavy atom. The summed E-state index contributed by atoms with van der Waals surface area (Å²) in [6.07, 6.45) is 3.21. The Morgan fingerprint density at radius 1 is 1.09 bits per heavy atom. The van der Waals surface area contributed by atoms with Crippen molar-refractivity contribution in [2.24, 2.45) is 5.92 Å². The van der Waals surface area contributed by atoms with Gasteiger partial charge >= 0.3 is 6.09 Å². The number of pyridine rings is 1. The largest absolute Gasteiger partial charge is 0.480 e. The molecule has 0 spiro atoms. The minimum absolute atomic E-state index is 0.0390. The predicted octanol–water partition coefficient (Wildman–Crippen LogP) is 2.74. The fraction of sp³-hybridized carbons (Fsp3) is 0.440. The minimum Gasteiger partial charge on any atom is -0.480 e. The lowest BCUT2D eigenvalue weighted by atomic mass is 10.0. The van der Waals surface area contributed by atoms with Crippen molar-refractivity contribution in [3.8, 4) is 11.8 Å². The maximum atomic E-state index is 12.8. The first-order valence-electron chi connectivity index (χ1n) is 11.7. The molecule has 9 heteroatoms. The number of anilines is 2. The molecule has 0 saturated carbocycles. The minimum atomic E-state index is -0.440. The zero-order valence-electron chi connectivity index (χ0n) is 19.0. The Hall–Kier alpha value is -3.64. The summed E-state index contributed by atoms with van der Waals surface area (Å²) in [5.41, 5.74) is 3.26. The molecule has 9 nitrogen and oxygen atoms in total. The Bertz CT molecular complexity index is 1140. The lowest BCUT2D eigenvalue weighted by Gasteiger charge is -2.29. The van der Waals surface area contributed by atoms with E-state index in [1.54, 1.807) is 12.1 Å². The van der Waals surface area contributed by atoms with E-state index in [9.17, 15) is 14.9 Å². The predicted molar refractivity (Wildman–Crippen MR) is 125 cm³/mol. The van der Waals surface area contributed by atoms with Gasteiger partial charge < -0.3 is 14.8 Å². The van der Waals surface area contributed by atoms with Crippen LogP contribution in [0.25, 0.3) is 0 Å². The number of carbonyl (C=O) groups excluding carboxylic acids is 2. The van der Waals surface area contributed by atoms with Crippen LogP contribution in [0.3, 0.4) is 0 Å². The number of cyclic esters (lactones) is 1. The van der Waals surface area contributed by atoms with E-state index >= 15 is 0 Å².